The van der Waals surface area contributed by atoms with Gasteiger partial charge < -0.3 is 10.1 Å². The van der Waals surface area contributed by atoms with Gasteiger partial charge in [-0.2, -0.15) is 0 Å². The van der Waals surface area contributed by atoms with Gasteiger partial charge in [-0.25, -0.2) is 0 Å². The second-order valence-corrected chi connectivity index (χ2v) is 4.45. The molecule has 0 amide bonds. The number of hydrogen-bond acceptors (Lipinski definition) is 3. The van der Waals surface area contributed by atoms with E-state index in [1.807, 2.05) is 6.20 Å². The van der Waals surface area contributed by atoms with Gasteiger partial charge in [0, 0.05) is 30.9 Å². The summed E-state index contributed by atoms with van der Waals surface area (Å²) >= 11 is 0. The van der Waals surface area contributed by atoms with Gasteiger partial charge in [-0.05, 0) is 30.5 Å². The van der Waals surface area contributed by atoms with E-state index < -0.39 is 0 Å². The van der Waals surface area contributed by atoms with Gasteiger partial charge in [0.1, 0.15) is 0 Å². The molecular formula is C12H16N2O. The van der Waals surface area contributed by atoms with Crippen LogP contribution in [0.1, 0.15) is 30.0 Å². The van der Waals surface area contributed by atoms with Crippen LogP contribution < -0.4 is 5.32 Å². The lowest BCUT2D eigenvalue weighted by atomic mass is 10.2. The quantitative estimate of drug-likeness (QED) is 0.806. The van der Waals surface area contributed by atoms with E-state index >= 15 is 0 Å². The molecule has 0 atom stereocenters. The Balaban J connectivity index is 1.60. The van der Waals surface area contributed by atoms with Crippen molar-refractivity contribution in [1.82, 2.24) is 10.3 Å². The molecule has 1 saturated carbocycles. The molecule has 1 N–H and O–H groups in total. The Morgan fingerprint density at radius 2 is 2.27 bits per heavy atom. The molecule has 3 rings (SSSR count). The molecule has 1 aromatic heterocycles. The summed E-state index contributed by atoms with van der Waals surface area (Å²) in [4.78, 5) is 4.39. The van der Waals surface area contributed by atoms with Gasteiger partial charge in [-0.3, -0.25) is 4.98 Å². The summed E-state index contributed by atoms with van der Waals surface area (Å²) in [5.41, 5.74) is 2.52. The third-order valence-corrected chi connectivity index (χ3v) is 3.07. The molecule has 0 spiro atoms. The maximum atomic E-state index is 5.73. The largest absolute Gasteiger partial charge is 0.371 e. The first-order valence-corrected chi connectivity index (χ1v) is 5.69. The summed E-state index contributed by atoms with van der Waals surface area (Å²) in [6, 6.07) is 4.25. The summed E-state index contributed by atoms with van der Waals surface area (Å²) in [5, 5.41) is 3.20. The van der Waals surface area contributed by atoms with Gasteiger partial charge in [0.15, 0.2) is 0 Å². The SMILES string of the molecule is c1cc(COC2CNC2)cc(C2CC2)n1. The molecule has 1 aliphatic carbocycles. The van der Waals surface area contributed by atoms with Crippen LogP contribution in [-0.2, 0) is 11.3 Å². The topological polar surface area (TPSA) is 34.1 Å². The van der Waals surface area contributed by atoms with Gasteiger partial charge >= 0.3 is 0 Å². The van der Waals surface area contributed by atoms with Crippen LogP contribution in [0.5, 0.6) is 0 Å². The zero-order valence-corrected chi connectivity index (χ0v) is 8.78. The highest BCUT2D eigenvalue weighted by Crippen LogP contribution is 2.38. The Bertz CT molecular complexity index is 345. The molecule has 1 aliphatic heterocycles. The van der Waals surface area contributed by atoms with Crippen molar-refractivity contribution in [3.63, 3.8) is 0 Å². The molecule has 80 valence electrons. The molecule has 1 aromatic rings. The second kappa shape index (κ2) is 3.91. The zero-order chi connectivity index (χ0) is 10.1. The Kier molecular flexibility index (Phi) is 2.43. The lowest BCUT2D eigenvalue weighted by Gasteiger charge is -2.27. The van der Waals surface area contributed by atoms with Crippen LogP contribution in [0.3, 0.4) is 0 Å². The maximum Gasteiger partial charge on any atom is 0.0828 e. The number of aromatic nitrogens is 1. The van der Waals surface area contributed by atoms with E-state index in [2.05, 4.69) is 22.4 Å². The molecule has 0 bridgehead atoms. The Morgan fingerprint density at radius 1 is 1.40 bits per heavy atom. The van der Waals surface area contributed by atoms with E-state index in [0.717, 1.165) is 25.6 Å². The average Bonchev–Trinajstić information content (AvgIpc) is 2.99. The van der Waals surface area contributed by atoms with Crippen molar-refractivity contribution in [3.05, 3.63) is 29.6 Å². The number of nitrogens with zero attached hydrogens (tertiary/aromatic N) is 1. The minimum atomic E-state index is 0.419. The van der Waals surface area contributed by atoms with Crippen LogP contribution >= 0.6 is 0 Å². The van der Waals surface area contributed by atoms with Crippen molar-refractivity contribution in [2.75, 3.05) is 13.1 Å². The predicted octanol–water partition coefficient (Wildman–Crippen LogP) is 1.45. The fourth-order valence-corrected chi connectivity index (χ4v) is 1.78. The zero-order valence-electron chi connectivity index (χ0n) is 8.78. The number of ether oxygens (including phenoxy) is 1. The van der Waals surface area contributed by atoms with Crippen molar-refractivity contribution >= 4 is 0 Å². The van der Waals surface area contributed by atoms with Gasteiger partial charge in [0.05, 0.1) is 12.7 Å². The molecule has 1 saturated heterocycles. The van der Waals surface area contributed by atoms with Crippen molar-refractivity contribution in [2.45, 2.75) is 31.5 Å². The summed E-state index contributed by atoms with van der Waals surface area (Å²) in [6.07, 6.45) is 4.95. The molecule has 0 unspecified atom stereocenters. The minimum Gasteiger partial charge on any atom is -0.371 e. The molecule has 3 nitrogen and oxygen atoms in total. The van der Waals surface area contributed by atoms with E-state index in [9.17, 15) is 0 Å². The third-order valence-electron chi connectivity index (χ3n) is 3.07. The fraction of sp³-hybridized carbons (Fsp3) is 0.583. The normalized spacial score (nSPS) is 21.3. The van der Waals surface area contributed by atoms with Crippen molar-refractivity contribution in [3.8, 4) is 0 Å². The predicted molar refractivity (Wildman–Crippen MR) is 57.7 cm³/mol. The van der Waals surface area contributed by atoms with E-state index in [1.54, 1.807) is 0 Å². The Hall–Kier alpha value is -0.930. The van der Waals surface area contributed by atoms with Crippen LogP contribution in [0, 0.1) is 0 Å². The number of pyridine rings is 1. The van der Waals surface area contributed by atoms with Crippen molar-refractivity contribution in [2.24, 2.45) is 0 Å². The molecule has 2 heterocycles. The Morgan fingerprint density at radius 3 is 2.93 bits per heavy atom. The van der Waals surface area contributed by atoms with Crippen LogP contribution in [0.25, 0.3) is 0 Å². The van der Waals surface area contributed by atoms with Gasteiger partial charge in [0.2, 0.25) is 0 Å². The average molecular weight is 204 g/mol. The molecule has 15 heavy (non-hydrogen) atoms. The fourth-order valence-electron chi connectivity index (χ4n) is 1.78. The molecule has 0 radical (unpaired) electrons. The van der Waals surface area contributed by atoms with Crippen molar-refractivity contribution in [1.29, 1.82) is 0 Å². The van der Waals surface area contributed by atoms with Gasteiger partial charge in [0.25, 0.3) is 0 Å². The van der Waals surface area contributed by atoms with Crippen LogP contribution in [0.4, 0.5) is 0 Å². The molecule has 0 aromatic carbocycles. The van der Waals surface area contributed by atoms with E-state index in [4.69, 9.17) is 4.74 Å². The van der Waals surface area contributed by atoms with Crippen LogP contribution in [0.15, 0.2) is 18.3 Å². The lowest BCUT2D eigenvalue weighted by Crippen LogP contribution is -2.48. The first kappa shape index (κ1) is 9.31. The maximum absolute atomic E-state index is 5.73. The first-order valence-electron chi connectivity index (χ1n) is 5.69. The van der Waals surface area contributed by atoms with E-state index in [1.165, 1.54) is 24.1 Å². The number of nitrogens with one attached hydrogen (secondary N) is 1. The summed E-state index contributed by atoms with van der Waals surface area (Å²) in [7, 11) is 0. The van der Waals surface area contributed by atoms with Crippen molar-refractivity contribution < 1.29 is 4.74 Å². The number of rotatable bonds is 4. The summed E-state index contributed by atoms with van der Waals surface area (Å²) in [6.45, 7) is 2.73. The van der Waals surface area contributed by atoms with E-state index in [0.29, 0.717) is 6.10 Å². The lowest BCUT2D eigenvalue weighted by molar-refractivity contribution is 0.00753. The number of hydrogen-bond donors (Lipinski definition) is 1. The van der Waals surface area contributed by atoms with Crippen LogP contribution in [0.2, 0.25) is 0 Å². The standard InChI is InChI=1S/C12H16N2O/c1-2-10(1)12-5-9(3-4-14-12)8-15-11-6-13-7-11/h3-5,10-11,13H,1-2,6-8H2. The van der Waals surface area contributed by atoms with E-state index in [-0.39, 0.29) is 0 Å². The van der Waals surface area contributed by atoms with Gasteiger partial charge in [-0.15, -0.1) is 0 Å². The minimum absolute atomic E-state index is 0.419. The molecule has 3 heteroatoms. The monoisotopic (exact) mass is 204 g/mol. The van der Waals surface area contributed by atoms with Gasteiger partial charge in [-0.1, -0.05) is 0 Å². The Labute approximate surface area is 89.9 Å². The summed E-state index contributed by atoms with van der Waals surface area (Å²) in [5.74, 6) is 0.732. The smallest absolute Gasteiger partial charge is 0.0828 e. The summed E-state index contributed by atoms with van der Waals surface area (Å²) < 4.78 is 5.73. The third kappa shape index (κ3) is 2.19. The molecular weight excluding hydrogens is 188 g/mol. The molecule has 2 fully saturated rings. The molecule has 2 aliphatic rings. The first-order chi connectivity index (χ1) is 7.42. The van der Waals surface area contributed by atoms with Crippen LogP contribution in [-0.4, -0.2) is 24.2 Å². The second-order valence-electron chi connectivity index (χ2n) is 4.45. The highest BCUT2D eigenvalue weighted by molar-refractivity contribution is 5.21. The highest BCUT2D eigenvalue weighted by atomic mass is 16.5. The highest BCUT2D eigenvalue weighted by Gasteiger charge is 2.25.